The summed E-state index contributed by atoms with van der Waals surface area (Å²) in [6.07, 6.45) is 8.81. The maximum atomic E-state index is 9.61. The SMILES string of the molecule is N#Cc1ccc2c(c1)C1C=CC=CC1N2c1ccccc1-c1ccccc1-n1c2ccccc2c2ccccc21. The quantitative estimate of drug-likeness (QED) is 0.237. The molecule has 0 saturated carbocycles. The largest absolute Gasteiger partial charge is 0.333 e. The molecule has 0 fully saturated rings. The van der Waals surface area contributed by atoms with Gasteiger partial charge in [0.2, 0.25) is 0 Å². The average molecular weight is 512 g/mol. The van der Waals surface area contributed by atoms with Crippen molar-refractivity contribution in [3.63, 3.8) is 0 Å². The van der Waals surface area contributed by atoms with Crippen molar-refractivity contribution < 1.29 is 0 Å². The summed E-state index contributed by atoms with van der Waals surface area (Å²) in [5.41, 5.74) is 10.1. The third-order valence-corrected chi connectivity index (χ3v) is 8.36. The lowest BCUT2D eigenvalue weighted by atomic mass is 9.90. The van der Waals surface area contributed by atoms with Crippen molar-refractivity contribution in [1.82, 2.24) is 4.57 Å². The van der Waals surface area contributed by atoms with Crippen LogP contribution in [0.4, 0.5) is 11.4 Å². The molecule has 0 N–H and O–H groups in total. The van der Waals surface area contributed by atoms with Crippen LogP contribution in [0.15, 0.2) is 140 Å². The van der Waals surface area contributed by atoms with Gasteiger partial charge < -0.3 is 9.47 Å². The van der Waals surface area contributed by atoms with Crippen LogP contribution in [0, 0.1) is 11.3 Å². The summed E-state index contributed by atoms with van der Waals surface area (Å²) in [5.74, 6) is 0.203. The topological polar surface area (TPSA) is 32.0 Å². The molecule has 8 rings (SSSR count). The van der Waals surface area contributed by atoms with Gasteiger partial charge >= 0.3 is 0 Å². The first-order chi connectivity index (χ1) is 19.8. The molecule has 2 heterocycles. The lowest BCUT2D eigenvalue weighted by molar-refractivity contribution is 0.745. The fourth-order valence-electron chi connectivity index (χ4n) is 6.68. The summed E-state index contributed by atoms with van der Waals surface area (Å²) in [7, 11) is 0. The lowest BCUT2D eigenvalue weighted by Crippen LogP contribution is -2.28. The molecule has 2 atom stereocenters. The predicted molar refractivity (Wildman–Crippen MR) is 164 cm³/mol. The maximum Gasteiger partial charge on any atom is 0.0991 e. The van der Waals surface area contributed by atoms with E-state index in [0.717, 1.165) is 17.1 Å². The van der Waals surface area contributed by atoms with Crippen LogP contribution in [0.25, 0.3) is 38.6 Å². The minimum Gasteiger partial charge on any atom is -0.333 e. The van der Waals surface area contributed by atoms with E-state index in [4.69, 9.17) is 0 Å². The van der Waals surface area contributed by atoms with E-state index in [1.165, 1.54) is 38.5 Å². The zero-order valence-electron chi connectivity index (χ0n) is 21.8. The molecule has 188 valence electrons. The van der Waals surface area contributed by atoms with Gasteiger partial charge in [0.1, 0.15) is 0 Å². The number of hydrogen-bond donors (Lipinski definition) is 0. The van der Waals surface area contributed by atoms with E-state index in [2.05, 4.69) is 149 Å². The summed E-state index contributed by atoms with van der Waals surface area (Å²) in [6.45, 7) is 0. The molecule has 0 spiro atoms. The number of nitriles is 1. The van der Waals surface area contributed by atoms with Crippen LogP contribution >= 0.6 is 0 Å². The molecule has 0 amide bonds. The van der Waals surface area contributed by atoms with Gasteiger partial charge in [-0.2, -0.15) is 5.26 Å². The second-order valence-corrected chi connectivity index (χ2v) is 10.4. The average Bonchev–Trinajstić information content (AvgIpc) is 3.53. The molecule has 5 aromatic carbocycles. The highest BCUT2D eigenvalue weighted by Gasteiger charge is 2.38. The highest BCUT2D eigenvalue weighted by Crippen LogP contribution is 2.50. The van der Waals surface area contributed by atoms with E-state index in [0.29, 0.717) is 5.56 Å². The van der Waals surface area contributed by atoms with Crippen LogP contribution in [0.2, 0.25) is 0 Å². The Morgan fingerprint density at radius 2 is 1.18 bits per heavy atom. The first-order valence-electron chi connectivity index (χ1n) is 13.7. The molecule has 6 aromatic rings. The highest BCUT2D eigenvalue weighted by atomic mass is 15.2. The van der Waals surface area contributed by atoms with Crippen LogP contribution in [-0.2, 0) is 0 Å². The van der Waals surface area contributed by atoms with Gasteiger partial charge in [-0.05, 0) is 48.0 Å². The first kappa shape index (κ1) is 22.6. The van der Waals surface area contributed by atoms with Crippen LogP contribution in [0.1, 0.15) is 17.0 Å². The van der Waals surface area contributed by atoms with Gasteiger partial charge in [0.15, 0.2) is 0 Å². The van der Waals surface area contributed by atoms with E-state index in [-0.39, 0.29) is 12.0 Å². The third kappa shape index (κ3) is 3.23. The predicted octanol–water partition coefficient (Wildman–Crippen LogP) is 9.05. The van der Waals surface area contributed by atoms with Gasteiger partial charge in [-0.3, -0.25) is 0 Å². The highest BCUT2D eigenvalue weighted by molar-refractivity contribution is 6.10. The van der Waals surface area contributed by atoms with E-state index in [1.54, 1.807) is 0 Å². The van der Waals surface area contributed by atoms with Gasteiger partial charge in [-0.25, -0.2) is 0 Å². The van der Waals surface area contributed by atoms with E-state index in [1.807, 2.05) is 6.07 Å². The van der Waals surface area contributed by atoms with Gasteiger partial charge in [0.25, 0.3) is 0 Å². The number of allylic oxidation sites excluding steroid dienone is 2. The lowest BCUT2D eigenvalue weighted by Gasteiger charge is -2.31. The smallest absolute Gasteiger partial charge is 0.0991 e. The van der Waals surface area contributed by atoms with Crippen molar-refractivity contribution in [2.75, 3.05) is 4.90 Å². The molecule has 40 heavy (non-hydrogen) atoms. The molecule has 3 nitrogen and oxygen atoms in total. The molecule has 1 aliphatic carbocycles. The number of benzene rings is 5. The fraction of sp³-hybridized carbons (Fsp3) is 0.0541. The standard InChI is InChI=1S/C37H25N3/c38-24-25-21-22-37-31(23-25)30-15-5-10-20-36(30)40(37)35-19-9-4-14-29(35)28-13-3-8-18-34(28)39-32-16-6-1-11-26(32)27-12-2-7-17-33(27)39/h1-23,30,36H. The molecule has 0 saturated heterocycles. The van der Waals surface area contributed by atoms with E-state index >= 15 is 0 Å². The van der Waals surface area contributed by atoms with Gasteiger partial charge in [0.05, 0.1) is 34.4 Å². The second kappa shape index (κ2) is 8.86. The zero-order valence-corrected chi connectivity index (χ0v) is 21.8. The first-order valence-corrected chi connectivity index (χ1v) is 13.7. The monoisotopic (exact) mass is 511 g/mol. The Balaban J connectivity index is 1.38. The van der Waals surface area contributed by atoms with Crippen LogP contribution < -0.4 is 4.90 Å². The Kier molecular flexibility index (Phi) is 5.02. The molecule has 1 aliphatic heterocycles. The molecule has 0 bridgehead atoms. The number of para-hydroxylation sites is 4. The van der Waals surface area contributed by atoms with Crippen LogP contribution in [-0.4, -0.2) is 10.6 Å². The summed E-state index contributed by atoms with van der Waals surface area (Å²) in [4.78, 5) is 2.46. The number of aromatic nitrogens is 1. The summed E-state index contributed by atoms with van der Waals surface area (Å²) < 4.78 is 2.40. The third-order valence-electron chi connectivity index (χ3n) is 8.36. The van der Waals surface area contributed by atoms with Crippen molar-refractivity contribution in [1.29, 1.82) is 5.26 Å². The van der Waals surface area contributed by atoms with E-state index < -0.39 is 0 Å². The molecular formula is C37H25N3. The van der Waals surface area contributed by atoms with Gasteiger partial charge in [-0.15, -0.1) is 0 Å². The molecule has 2 unspecified atom stereocenters. The Hall–Kier alpha value is -5.33. The van der Waals surface area contributed by atoms with Crippen molar-refractivity contribution in [2.45, 2.75) is 12.0 Å². The summed E-state index contributed by atoms with van der Waals surface area (Å²) >= 11 is 0. The second-order valence-electron chi connectivity index (χ2n) is 10.4. The zero-order chi connectivity index (χ0) is 26.6. The minimum atomic E-state index is 0.149. The molecule has 2 aliphatic rings. The number of hydrogen-bond acceptors (Lipinski definition) is 2. The Morgan fingerprint density at radius 3 is 1.90 bits per heavy atom. The molecular weight excluding hydrogens is 486 g/mol. The minimum absolute atomic E-state index is 0.149. The number of nitrogens with zero attached hydrogens (tertiary/aromatic N) is 3. The number of rotatable bonds is 3. The number of fused-ring (bicyclic) bond motifs is 6. The summed E-state index contributed by atoms with van der Waals surface area (Å²) in [5, 5.41) is 12.1. The van der Waals surface area contributed by atoms with Crippen molar-refractivity contribution in [3.05, 3.63) is 151 Å². The van der Waals surface area contributed by atoms with Crippen molar-refractivity contribution in [3.8, 4) is 22.9 Å². The Morgan fingerprint density at radius 1 is 0.575 bits per heavy atom. The van der Waals surface area contributed by atoms with E-state index in [9.17, 15) is 5.26 Å². The van der Waals surface area contributed by atoms with Crippen molar-refractivity contribution in [2.24, 2.45) is 0 Å². The fourth-order valence-corrected chi connectivity index (χ4v) is 6.68. The van der Waals surface area contributed by atoms with Crippen LogP contribution in [0.5, 0.6) is 0 Å². The number of anilines is 2. The van der Waals surface area contributed by atoms with Crippen LogP contribution in [0.3, 0.4) is 0 Å². The normalized spacial score (nSPS) is 17.2. The Labute approximate surface area is 233 Å². The maximum absolute atomic E-state index is 9.61. The van der Waals surface area contributed by atoms with Gasteiger partial charge in [0, 0.05) is 39.2 Å². The molecule has 0 radical (unpaired) electrons. The molecule has 1 aromatic heterocycles. The summed E-state index contributed by atoms with van der Waals surface area (Å²) in [6, 6.07) is 43.4. The van der Waals surface area contributed by atoms with Crippen molar-refractivity contribution >= 4 is 33.2 Å². The van der Waals surface area contributed by atoms with Gasteiger partial charge in [-0.1, -0.05) is 97.1 Å². The molecule has 3 heteroatoms. The Bertz CT molecular complexity index is 2000.